The van der Waals surface area contributed by atoms with Gasteiger partial charge in [0.15, 0.2) is 6.61 Å². The third kappa shape index (κ3) is 6.36. The van der Waals surface area contributed by atoms with E-state index in [0.29, 0.717) is 17.9 Å². The molecule has 4 aromatic carbocycles. The number of anilines is 1. The molecule has 0 saturated carbocycles. The number of amides is 2. The van der Waals surface area contributed by atoms with Crippen LogP contribution in [0, 0.1) is 10.1 Å². The minimum absolute atomic E-state index is 0.0974. The van der Waals surface area contributed by atoms with Crippen molar-refractivity contribution in [1.29, 1.82) is 0 Å². The van der Waals surface area contributed by atoms with Gasteiger partial charge in [-0.2, -0.15) is 5.10 Å². The topological polar surface area (TPSA) is 136 Å². The Balaban J connectivity index is 1.27. The summed E-state index contributed by atoms with van der Waals surface area (Å²) < 4.78 is 5.27. The number of hydrazone groups is 1. The van der Waals surface area contributed by atoms with Gasteiger partial charge in [-0.3, -0.25) is 19.7 Å². The first-order valence-corrected chi connectivity index (χ1v) is 12.6. The summed E-state index contributed by atoms with van der Waals surface area (Å²) in [6.45, 7) is -0.442. The number of nitrogens with zero attached hydrogens (tertiary/aromatic N) is 4. The van der Waals surface area contributed by atoms with Gasteiger partial charge in [-0.15, -0.1) is 0 Å². The number of nitrogens with one attached hydrogen (secondary N) is 1. The minimum atomic E-state index is -0.625. The Labute approximate surface area is 234 Å². The molecule has 0 fully saturated rings. The smallest absolute Gasteiger partial charge is 0.283 e. The van der Waals surface area contributed by atoms with Gasteiger partial charge in [-0.05, 0) is 52.2 Å². The molecule has 2 amide bonds. The second-order valence-corrected chi connectivity index (χ2v) is 9.14. The third-order valence-corrected chi connectivity index (χ3v) is 6.53. The number of nitro groups is 1. The van der Waals surface area contributed by atoms with Crippen LogP contribution in [0.15, 0.2) is 101 Å². The van der Waals surface area contributed by atoms with Crippen LogP contribution >= 0.6 is 0 Å². The number of carbonyl (C=O) groups is 2. The number of oxime groups is 1. The molecule has 1 N–H and O–H groups in total. The van der Waals surface area contributed by atoms with Crippen molar-refractivity contribution in [2.75, 3.05) is 19.0 Å². The lowest BCUT2D eigenvalue weighted by Gasteiger charge is -2.21. The molecule has 4 aromatic rings. The lowest BCUT2D eigenvalue weighted by Crippen LogP contribution is -2.30. The van der Waals surface area contributed by atoms with Crippen molar-refractivity contribution in [3.8, 4) is 5.75 Å². The number of methoxy groups -OCH3 is 1. The number of ether oxygens (including phenoxy) is 1. The van der Waals surface area contributed by atoms with Crippen molar-refractivity contribution in [3.63, 3.8) is 0 Å². The Hall–Kier alpha value is -5.58. The molecule has 1 heterocycles. The predicted molar refractivity (Wildman–Crippen MR) is 154 cm³/mol. The summed E-state index contributed by atoms with van der Waals surface area (Å²) in [6, 6.07) is 26.5. The molecule has 1 aliphatic rings. The summed E-state index contributed by atoms with van der Waals surface area (Å²) >= 11 is 0. The number of hydrogen-bond donors (Lipinski definition) is 1. The average Bonchev–Trinajstić information content (AvgIpc) is 3.45. The predicted octanol–water partition coefficient (Wildman–Crippen LogP) is 5.08. The SMILES string of the molecule is COc1ccc(C2CC(c3ccc4ccccc4c3)=NN2C(=O)CON=CC(=O)Nc2ccc([N+](=O)[O-])cc2)cc1. The lowest BCUT2D eigenvalue weighted by molar-refractivity contribution is -0.384. The first-order valence-electron chi connectivity index (χ1n) is 12.6. The summed E-state index contributed by atoms with van der Waals surface area (Å²) in [5, 5.41) is 25.1. The molecule has 1 aliphatic heterocycles. The van der Waals surface area contributed by atoms with Crippen LogP contribution in [0.2, 0.25) is 0 Å². The van der Waals surface area contributed by atoms with Gasteiger partial charge in [0.25, 0.3) is 17.5 Å². The van der Waals surface area contributed by atoms with E-state index >= 15 is 0 Å². The van der Waals surface area contributed by atoms with E-state index in [9.17, 15) is 19.7 Å². The van der Waals surface area contributed by atoms with Gasteiger partial charge in [0, 0.05) is 24.2 Å². The van der Waals surface area contributed by atoms with Gasteiger partial charge in [0.2, 0.25) is 0 Å². The first-order chi connectivity index (χ1) is 19.9. The van der Waals surface area contributed by atoms with Crippen LogP contribution in [-0.2, 0) is 14.4 Å². The van der Waals surface area contributed by atoms with Gasteiger partial charge in [0.05, 0.1) is 23.8 Å². The van der Waals surface area contributed by atoms with E-state index in [2.05, 4.69) is 21.6 Å². The van der Waals surface area contributed by atoms with Gasteiger partial charge >= 0.3 is 0 Å². The fraction of sp³-hybridized carbons (Fsp3) is 0.133. The highest BCUT2D eigenvalue weighted by Crippen LogP contribution is 2.34. The van der Waals surface area contributed by atoms with Gasteiger partial charge in [-0.25, -0.2) is 5.01 Å². The van der Waals surface area contributed by atoms with Crippen LogP contribution in [0.5, 0.6) is 5.75 Å². The van der Waals surface area contributed by atoms with E-state index in [1.165, 1.54) is 29.3 Å². The van der Waals surface area contributed by atoms with E-state index in [1.54, 1.807) is 7.11 Å². The highest BCUT2D eigenvalue weighted by Gasteiger charge is 2.33. The van der Waals surface area contributed by atoms with Crippen molar-refractivity contribution >= 4 is 45.9 Å². The number of fused-ring (bicyclic) bond motifs is 1. The van der Waals surface area contributed by atoms with Gasteiger partial charge < -0.3 is 14.9 Å². The molecule has 0 bridgehead atoms. The first kappa shape index (κ1) is 27.0. The van der Waals surface area contributed by atoms with Crippen molar-refractivity contribution in [1.82, 2.24) is 5.01 Å². The minimum Gasteiger partial charge on any atom is -0.497 e. The monoisotopic (exact) mass is 551 g/mol. The molecule has 41 heavy (non-hydrogen) atoms. The zero-order chi connectivity index (χ0) is 28.8. The zero-order valence-electron chi connectivity index (χ0n) is 22.0. The molecular formula is C30H25N5O6. The van der Waals surface area contributed by atoms with E-state index in [0.717, 1.165) is 33.8 Å². The Morgan fingerprint density at radius 1 is 1.05 bits per heavy atom. The maximum atomic E-state index is 13.2. The van der Waals surface area contributed by atoms with Gasteiger partial charge in [-0.1, -0.05) is 53.7 Å². The van der Waals surface area contributed by atoms with E-state index in [1.807, 2.05) is 60.7 Å². The second-order valence-electron chi connectivity index (χ2n) is 9.14. The fourth-order valence-corrected chi connectivity index (χ4v) is 4.45. The maximum absolute atomic E-state index is 13.2. The van der Waals surface area contributed by atoms with E-state index < -0.39 is 23.3 Å². The third-order valence-electron chi connectivity index (χ3n) is 6.53. The second kappa shape index (κ2) is 12.1. The molecule has 0 radical (unpaired) electrons. The highest BCUT2D eigenvalue weighted by atomic mass is 16.6. The van der Waals surface area contributed by atoms with Crippen molar-refractivity contribution in [3.05, 3.63) is 112 Å². The number of nitro benzene ring substituents is 1. The Morgan fingerprint density at radius 2 is 1.78 bits per heavy atom. The Kier molecular flexibility index (Phi) is 7.95. The van der Waals surface area contributed by atoms with E-state index in [-0.39, 0.29) is 11.7 Å². The summed E-state index contributed by atoms with van der Waals surface area (Å²) in [6.07, 6.45) is 1.38. The zero-order valence-corrected chi connectivity index (χ0v) is 22.0. The molecule has 0 spiro atoms. The van der Waals surface area contributed by atoms with Crippen LogP contribution in [-0.4, -0.2) is 47.4 Å². The number of carbonyl (C=O) groups excluding carboxylic acids is 2. The van der Waals surface area contributed by atoms with Crippen LogP contribution in [0.25, 0.3) is 10.8 Å². The van der Waals surface area contributed by atoms with Crippen LogP contribution in [0.1, 0.15) is 23.6 Å². The van der Waals surface area contributed by atoms with Crippen molar-refractivity contribution in [2.45, 2.75) is 12.5 Å². The Morgan fingerprint density at radius 3 is 2.49 bits per heavy atom. The molecule has 5 rings (SSSR count). The standard InChI is InChI=1S/C30H25N5O6/c1-40-26-14-8-21(9-15-26)28-17-27(23-7-6-20-4-2-3-5-22(20)16-23)33-34(28)30(37)19-41-31-18-29(36)32-24-10-12-25(13-11-24)35(38)39/h2-16,18,28H,17,19H2,1H3,(H,32,36). The normalized spacial score (nSPS) is 14.6. The number of benzene rings is 4. The molecule has 11 heteroatoms. The maximum Gasteiger partial charge on any atom is 0.283 e. The van der Waals surface area contributed by atoms with Crippen molar-refractivity contribution in [2.24, 2.45) is 10.3 Å². The molecule has 0 saturated heterocycles. The molecule has 1 unspecified atom stereocenters. The molecular weight excluding hydrogens is 526 g/mol. The van der Waals surface area contributed by atoms with Crippen LogP contribution in [0.3, 0.4) is 0 Å². The Bertz CT molecular complexity index is 1650. The lowest BCUT2D eigenvalue weighted by atomic mass is 9.97. The van der Waals surface area contributed by atoms with Gasteiger partial charge in [0.1, 0.15) is 12.0 Å². The molecule has 0 aliphatic carbocycles. The summed E-state index contributed by atoms with van der Waals surface area (Å²) in [5.74, 6) is -0.361. The number of non-ortho nitro benzene ring substituents is 1. The molecule has 11 nitrogen and oxygen atoms in total. The molecule has 206 valence electrons. The van der Waals surface area contributed by atoms with E-state index in [4.69, 9.17) is 9.57 Å². The summed E-state index contributed by atoms with van der Waals surface area (Å²) in [4.78, 5) is 40.7. The largest absolute Gasteiger partial charge is 0.497 e. The highest BCUT2D eigenvalue weighted by molar-refractivity contribution is 6.31. The van der Waals surface area contributed by atoms with Crippen LogP contribution in [0.4, 0.5) is 11.4 Å². The fourth-order valence-electron chi connectivity index (χ4n) is 4.45. The number of hydrogen-bond acceptors (Lipinski definition) is 8. The summed E-state index contributed by atoms with van der Waals surface area (Å²) in [7, 11) is 1.59. The number of rotatable bonds is 9. The average molecular weight is 552 g/mol. The summed E-state index contributed by atoms with van der Waals surface area (Å²) in [5.41, 5.74) is 2.80. The van der Waals surface area contributed by atoms with Crippen molar-refractivity contribution < 1.29 is 24.1 Å². The molecule has 0 aromatic heterocycles. The molecule has 1 atom stereocenters. The van der Waals surface area contributed by atoms with Crippen LogP contribution < -0.4 is 10.1 Å². The quantitative estimate of drug-likeness (QED) is 0.175.